The highest BCUT2D eigenvalue weighted by Gasteiger charge is 2.27. The molecule has 3 heterocycles. The van der Waals surface area contributed by atoms with Gasteiger partial charge in [0.25, 0.3) is 5.71 Å². The van der Waals surface area contributed by atoms with Crippen molar-refractivity contribution in [2.75, 3.05) is 37.5 Å². The molecule has 0 aliphatic carbocycles. The molecular weight excluding hydrogens is 374 g/mol. The van der Waals surface area contributed by atoms with Crippen molar-refractivity contribution in [1.29, 1.82) is 0 Å². The monoisotopic (exact) mass is 397 g/mol. The number of fused-ring (bicyclic) bond motifs is 1. The standard InChI is InChI=1S/C20H23N5O4/c1-12-17-18(21-11-22-20(17)29-24-12)25-8-6-13(7-9-25)19(26)23-14-4-5-15(27-2)16(10-14)28-3/h4-5,10-11,13H,6-9H2,1-3H3,(H,23,26). The van der Waals surface area contributed by atoms with Crippen molar-refractivity contribution in [3.63, 3.8) is 0 Å². The summed E-state index contributed by atoms with van der Waals surface area (Å²) >= 11 is 0. The Hall–Kier alpha value is -3.36. The second-order valence-electron chi connectivity index (χ2n) is 6.97. The number of rotatable bonds is 5. The number of methoxy groups -OCH3 is 2. The summed E-state index contributed by atoms with van der Waals surface area (Å²) in [4.78, 5) is 23.4. The SMILES string of the molecule is COc1ccc(NC(=O)C2CCN(c3ncnc4onc(C)c34)CC2)cc1OC. The predicted molar refractivity (Wildman–Crippen MR) is 107 cm³/mol. The highest BCUT2D eigenvalue weighted by Crippen LogP contribution is 2.32. The lowest BCUT2D eigenvalue weighted by Crippen LogP contribution is -2.38. The maximum atomic E-state index is 12.7. The molecule has 9 nitrogen and oxygen atoms in total. The molecule has 1 aromatic carbocycles. The Kier molecular flexibility index (Phi) is 5.20. The minimum absolute atomic E-state index is 0.00543. The van der Waals surface area contributed by atoms with Crippen molar-refractivity contribution in [2.24, 2.45) is 5.92 Å². The number of carbonyl (C=O) groups is 1. The van der Waals surface area contributed by atoms with Gasteiger partial charge < -0.3 is 24.2 Å². The predicted octanol–water partition coefficient (Wildman–Crippen LogP) is 2.80. The van der Waals surface area contributed by atoms with Crippen LogP contribution in [0.1, 0.15) is 18.5 Å². The van der Waals surface area contributed by atoms with E-state index in [4.69, 9.17) is 14.0 Å². The van der Waals surface area contributed by atoms with E-state index in [0.29, 0.717) is 22.9 Å². The molecule has 0 unspecified atom stereocenters. The first-order valence-corrected chi connectivity index (χ1v) is 9.45. The van der Waals surface area contributed by atoms with Crippen LogP contribution < -0.4 is 19.7 Å². The number of ether oxygens (including phenoxy) is 2. The molecule has 9 heteroatoms. The van der Waals surface area contributed by atoms with Gasteiger partial charge in [-0.05, 0) is 31.9 Å². The van der Waals surface area contributed by atoms with Crippen molar-refractivity contribution in [3.05, 3.63) is 30.2 Å². The van der Waals surface area contributed by atoms with Crippen LogP contribution in [0.3, 0.4) is 0 Å². The van der Waals surface area contributed by atoms with Crippen LogP contribution in [0.4, 0.5) is 11.5 Å². The number of amides is 1. The first-order chi connectivity index (χ1) is 14.1. The summed E-state index contributed by atoms with van der Waals surface area (Å²) in [5.41, 5.74) is 1.94. The minimum Gasteiger partial charge on any atom is -0.493 e. The number of hydrogen-bond donors (Lipinski definition) is 1. The van der Waals surface area contributed by atoms with Crippen LogP contribution in [0.5, 0.6) is 11.5 Å². The van der Waals surface area contributed by atoms with Gasteiger partial charge in [-0.1, -0.05) is 5.16 Å². The van der Waals surface area contributed by atoms with Crippen molar-refractivity contribution >= 4 is 28.5 Å². The zero-order chi connectivity index (χ0) is 20.4. The molecule has 1 fully saturated rings. The number of aromatic nitrogens is 3. The fraction of sp³-hybridized carbons (Fsp3) is 0.400. The Morgan fingerprint density at radius 1 is 1.17 bits per heavy atom. The molecule has 0 spiro atoms. The van der Waals surface area contributed by atoms with Crippen LogP contribution >= 0.6 is 0 Å². The zero-order valence-corrected chi connectivity index (χ0v) is 16.6. The molecule has 1 aliphatic rings. The lowest BCUT2D eigenvalue weighted by Gasteiger charge is -2.32. The second kappa shape index (κ2) is 7.94. The van der Waals surface area contributed by atoms with Crippen molar-refractivity contribution < 1.29 is 18.8 Å². The van der Waals surface area contributed by atoms with E-state index in [1.807, 2.05) is 6.92 Å². The van der Waals surface area contributed by atoms with E-state index in [-0.39, 0.29) is 11.8 Å². The fourth-order valence-corrected chi connectivity index (χ4v) is 3.66. The molecular formula is C20H23N5O4. The molecule has 29 heavy (non-hydrogen) atoms. The Balaban J connectivity index is 1.42. The summed E-state index contributed by atoms with van der Waals surface area (Å²) in [6.07, 6.45) is 2.95. The van der Waals surface area contributed by atoms with Crippen molar-refractivity contribution in [2.45, 2.75) is 19.8 Å². The molecule has 1 amide bonds. The van der Waals surface area contributed by atoms with Gasteiger partial charge in [0, 0.05) is 30.8 Å². The number of anilines is 2. The molecule has 0 atom stereocenters. The van der Waals surface area contributed by atoms with E-state index in [1.165, 1.54) is 6.33 Å². The zero-order valence-electron chi connectivity index (χ0n) is 16.6. The maximum absolute atomic E-state index is 12.7. The van der Waals surface area contributed by atoms with E-state index >= 15 is 0 Å². The third-order valence-electron chi connectivity index (χ3n) is 5.24. The number of nitrogens with zero attached hydrogens (tertiary/aromatic N) is 4. The van der Waals surface area contributed by atoms with Crippen LogP contribution in [-0.4, -0.2) is 48.3 Å². The van der Waals surface area contributed by atoms with E-state index < -0.39 is 0 Å². The van der Waals surface area contributed by atoms with Crippen LogP contribution in [0.25, 0.3) is 11.1 Å². The number of carbonyl (C=O) groups excluding carboxylic acids is 1. The Morgan fingerprint density at radius 2 is 1.93 bits per heavy atom. The maximum Gasteiger partial charge on any atom is 0.263 e. The summed E-state index contributed by atoms with van der Waals surface area (Å²) in [6.45, 7) is 3.32. The first-order valence-electron chi connectivity index (χ1n) is 9.45. The number of hydrogen-bond acceptors (Lipinski definition) is 8. The third-order valence-corrected chi connectivity index (χ3v) is 5.24. The Labute approximate surface area is 168 Å². The van der Waals surface area contributed by atoms with Gasteiger partial charge in [-0.15, -0.1) is 0 Å². The average molecular weight is 397 g/mol. The number of piperidine rings is 1. The molecule has 1 aliphatic heterocycles. The average Bonchev–Trinajstić information content (AvgIpc) is 3.15. The highest BCUT2D eigenvalue weighted by molar-refractivity contribution is 5.93. The fourth-order valence-electron chi connectivity index (χ4n) is 3.66. The quantitative estimate of drug-likeness (QED) is 0.701. The molecule has 0 radical (unpaired) electrons. The summed E-state index contributed by atoms with van der Waals surface area (Å²) in [5.74, 6) is 1.95. The second-order valence-corrected chi connectivity index (χ2v) is 6.97. The summed E-state index contributed by atoms with van der Waals surface area (Å²) in [7, 11) is 3.15. The van der Waals surface area contributed by atoms with Crippen molar-refractivity contribution in [3.8, 4) is 11.5 Å². The van der Waals surface area contributed by atoms with Gasteiger partial charge in [-0.3, -0.25) is 4.79 Å². The topological polar surface area (TPSA) is 103 Å². The molecule has 1 saturated heterocycles. The normalized spacial score (nSPS) is 14.8. The van der Waals surface area contributed by atoms with Gasteiger partial charge in [-0.2, -0.15) is 4.98 Å². The largest absolute Gasteiger partial charge is 0.493 e. The lowest BCUT2D eigenvalue weighted by atomic mass is 9.95. The molecule has 0 bridgehead atoms. The van der Waals surface area contributed by atoms with Crippen LogP contribution in [0.15, 0.2) is 29.0 Å². The van der Waals surface area contributed by atoms with Gasteiger partial charge in [0.2, 0.25) is 5.91 Å². The summed E-state index contributed by atoms with van der Waals surface area (Å²) in [6, 6.07) is 5.34. The minimum atomic E-state index is -0.0692. The number of aryl methyl sites for hydroxylation is 1. The van der Waals surface area contributed by atoms with Gasteiger partial charge in [-0.25, -0.2) is 4.98 Å². The van der Waals surface area contributed by atoms with E-state index in [9.17, 15) is 4.79 Å². The van der Waals surface area contributed by atoms with Gasteiger partial charge in [0.1, 0.15) is 17.5 Å². The van der Waals surface area contributed by atoms with Crippen LogP contribution in [0.2, 0.25) is 0 Å². The smallest absolute Gasteiger partial charge is 0.263 e. The van der Waals surface area contributed by atoms with Crippen molar-refractivity contribution in [1.82, 2.24) is 15.1 Å². The van der Waals surface area contributed by atoms with Crippen LogP contribution in [-0.2, 0) is 4.79 Å². The van der Waals surface area contributed by atoms with Gasteiger partial charge in [0.05, 0.1) is 19.9 Å². The Morgan fingerprint density at radius 3 is 2.66 bits per heavy atom. The summed E-state index contributed by atoms with van der Waals surface area (Å²) in [5, 5.41) is 7.80. The van der Waals surface area contributed by atoms with E-state index in [0.717, 1.165) is 42.8 Å². The highest BCUT2D eigenvalue weighted by atomic mass is 16.5. The van der Waals surface area contributed by atoms with E-state index in [2.05, 4.69) is 25.3 Å². The van der Waals surface area contributed by atoms with Crippen LogP contribution in [0, 0.1) is 12.8 Å². The first kappa shape index (κ1) is 19.0. The van der Waals surface area contributed by atoms with Gasteiger partial charge >= 0.3 is 0 Å². The molecule has 4 rings (SSSR count). The molecule has 0 saturated carbocycles. The number of benzene rings is 1. The molecule has 2 aromatic heterocycles. The molecule has 1 N–H and O–H groups in total. The molecule has 152 valence electrons. The third kappa shape index (κ3) is 3.67. The summed E-state index contributed by atoms with van der Waals surface area (Å²) < 4.78 is 15.8. The van der Waals surface area contributed by atoms with E-state index in [1.54, 1.807) is 32.4 Å². The lowest BCUT2D eigenvalue weighted by molar-refractivity contribution is -0.120. The van der Waals surface area contributed by atoms with Gasteiger partial charge in [0.15, 0.2) is 11.5 Å². The Bertz CT molecular complexity index is 1030. The molecule has 3 aromatic rings. The number of nitrogens with one attached hydrogen (secondary N) is 1.